The van der Waals surface area contributed by atoms with Crippen LogP contribution in [0.4, 0.5) is 0 Å². The number of nitrogens with zero attached hydrogens (tertiary/aromatic N) is 3. The first kappa shape index (κ1) is 12.0. The molecule has 1 heterocycles. The van der Waals surface area contributed by atoms with Gasteiger partial charge < -0.3 is 11.1 Å². The van der Waals surface area contributed by atoms with Gasteiger partial charge >= 0.3 is 0 Å². The SMILES string of the molecule is Cn1cnc(CCNC(=O)C2CCC(N)C2)n1. The summed E-state index contributed by atoms with van der Waals surface area (Å²) in [6, 6.07) is 0.197. The highest BCUT2D eigenvalue weighted by molar-refractivity contribution is 5.78. The number of aryl methyl sites for hydroxylation is 1. The maximum absolute atomic E-state index is 11.8. The summed E-state index contributed by atoms with van der Waals surface area (Å²) in [7, 11) is 1.83. The molecule has 1 aromatic rings. The minimum Gasteiger partial charge on any atom is -0.355 e. The average Bonchev–Trinajstić information content (AvgIpc) is 2.88. The fourth-order valence-electron chi connectivity index (χ4n) is 2.19. The standard InChI is InChI=1S/C11H19N5O/c1-16-7-14-10(15-16)4-5-13-11(17)8-2-3-9(12)6-8/h7-9H,2-6,12H2,1H3,(H,13,17). The van der Waals surface area contributed by atoms with E-state index in [2.05, 4.69) is 15.4 Å². The number of aromatic nitrogens is 3. The van der Waals surface area contributed by atoms with Gasteiger partial charge in [-0.3, -0.25) is 9.48 Å². The summed E-state index contributed by atoms with van der Waals surface area (Å²) in [5.74, 6) is 0.978. The highest BCUT2D eigenvalue weighted by atomic mass is 16.1. The van der Waals surface area contributed by atoms with Crippen molar-refractivity contribution in [2.75, 3.05) is 6.54 Å². The van der Waals surface area contributed by atoms with Crippen molar-refractivity contribution in [3.63, 3.8) is 0 Å². The van der Waals surface area contributed by atoms with Crippen LogP contribution >= 0.6 is 0 Å². The Bertz CT molecular complexity index is 389. The van der Waals surface area contributed by atoms with Crippen LogP contribution < -0.4 is 11.1 Å². The van der Waals surface area contributed by atoms with Gasteiger partial charge in [-0.1, -0.05) is 0 Å². The molecule has 0 bridgehead atoms. The van der Waals surface area contributed by atoms with E-state index in [1.165, 1.54) is 0 Å². The van der Waals surface area contributed by atoms with Crippen molar-refractivity contribution in [1.29, 1.82) is 0 Å². The minimum atomic E-state index is 0.0988. The molecule has 0 aromatic carbocycles. The van der Waals surface area contributed by atoms with Crippen molar-refractivity contribution < 1.29 is 4.79 Å². The lowest BCUT2D eigenvalue weighted by Gasteiger charge is -2.09. The zero-order valence-electron chi connectivity index (χ0n) is 10.1. The molecule has 0 spiro atoms. The lowest BCUT2D eigenvalue weighted by molar-refractivity contribution is -0.124. The van der Waals surface area contributed by atoms with Gasteiger partial charge in [-0.05, 0) is 19.3 Å². The van der Waals surface area contributed by atoms with Gasteiger partial charge in [0.25, 0.3) is 0 Å². The lowest BCUT2D eigenvalue weighted by Crippen LogP contribution is -2.32. The monoisotopic (exact) mass is 237 g/mol. The second-order valence-corrected chi connectivity index (χ2v) is 4.65. The Kier molecular flexibility index (Phi) is 3.73. The Labute approximate surface area is 101 Å². The predicted octanol–water partition coefficient (Wildman–Crippen LogP) is -0.399. The molecule has 1 amide bonds. The number of amides is 1. The minimum absolute atomic E-state index is 0.0988. The molecule has 1 fully saturated rings. The van der Waals surface area contributed by atoms with Crippen LogP contribution in [0.15, 0.2) is 6.33 Å². The summed E-state index contributed by atoms with van der Waals surface area (Å²) in [5.41, 5.74) is 5.78. The fraction of sp³-hybridized carbons (Fsp3) is 0.727. The van der Waals surface area contributed by atoms with Crippen molar-refractivity contribution in [1.82, 2.24) is 20.1 Å². The number of hydrogen-bond donors (Lipinski definition) is 2. The smallest absolute Gasteiger partial charge is 0.223 e. The Hall–Kier alpha value is -1.43. The zero-order chi connectivity index (χ0) is 12.3. The maximum Gasteiger partial charge on any atom is 0.223 e. The van der Waals surface area contributed by atoms with Crippen molar-refractivity contribution in [2.24, 2.45) is 18.7 Å². The molecule has 3 N–H and O–H groups in total. The molecule has 6 nitrogen and oxygen atoms in total. The van der Waals surface area contributed by atoms with Crippen molar-refractivity contribution in [2.45, 2.75) is 31.7 Å². The summed E-state index contributed by atoms with van der Waals surface area (Å²) in [6.07, 6.45) is 5.01. The highest BCUT2D eigenvalue weighted by Gasteiger charge is 2.27. The van der Waals surface area contributed by atoms with E-state index in [1.807, 2.05) is 7.05 Å². The van der Waals surface area contributed by atoms with Crippen LogP contribution in [0.25, 0.3) is 0 Å². The van der Waals surface area contributed by atoms with E-state index >= 15 is 0 Å². The van der Waals surface area contributed by atoms with Gasteiger partial charge in [0.2, 0.25) is 5.91 Å². The first-order chi connectivity index (χ1) is 8.15. The first-order valence-electron chi connectivity index (χ1n) is 6.03. The molecule has 1 aliphatic carbocycles. The average molecular weight is 237 g/mol. The quantitative estimate of drug-likeness (QED) is 0.746. The van der Waals surface area contributed by atoms with E-state index in [1.54, 1.807) is 11.0 Å². The Morgan fingerprint density at radius 1 is 1.65 bits per heavy atom. The molecule has 6 heteroatoms. The molecule has 1 saturated carbocycles. The van der Waals surface area contributed by atoms with Crippen LogP contribution in [0.1, 0.15) is 25.1 Å². The van der Waals surface area contributed by atoms with E-state index in [9.17, 15) is 4.79 Å². The summed E-state index contributed by atoms with van der Waals surface area (Å²) < 4.78 is 1.66. The number of carbonyl (C=O) groups is 1. The van der Waals surface area contributed by atoms with Crippen LogP contribution in [0, 0.1) is 5.92 Å². The summed E-state index contributed by atoms with van der Waals surface area (Å²) in [6.45, 7) is 0.592. The molecule has 17 heavy (non-hydrogen) atoms. The molecule has 0 aliphatic heterocycles. The van der Waals surface area contributed by atoms with Gasteiger partial charge in [0.05, 0.1) is 0 Å². The molecule has 2 unspecified atom stereocenters. The number of nitrogens with two attached hydrogens (primary N) is 1. The Morgan fingerprint density at radius 3 is 3.06 bits per heavy atom. The largest absolute Gasteiger partial charge is 0.355 e. The summed E-state index contributed by atoms with van der Waals surface area (Å²) in [4.78, 5) is 15.9. The van der Waals surface area contributed by atoms with Crippen molar-refractivity contribution in [3.8, 4) is 0 Å². The van der Waals surface area contributed by atoms with Crippen molar-refractivity contribution >= 4 is 5.91 Å². The van der Waals surface area contributed by atoms with Gasteiger partial charge in [0.15, 0.2) is 5.82 Å². The fourth-order valence-corrected chi connectivity index (χ4v) is 2.19. The second kappa shape index (κ2) is 5.27. The Balaban J connectivity index is 1.70. The third kappa shape index (κ3) is 3.26. The van der Waals surface area contributed by atoms with Crippen LogP contribution in [0.5, 0.6) is 0 Å². The van der Waals surface area contributed by atoms with Gasteiger partial charge in [-0.15, -0.1) is 0 Å². The van der Waals surface area contributed by atoms with Crippen LogP contribution in [0.2, 0.25) is 0 Å². The highest BCUT2D eigenvalue weighted by Crippen LogP contribution is 2.23. The number of rotatable bonds is 4. The number of hydrogen-bond acceptors (Lipinski definition) is 4. The number of nitrogens with one attached hydrogen (secondary N) is 1. The van der Waals surface area contributed by atoms with E-state index in [-0.39, 0.29) is 17.9 Å². The number of carbonyl (C=O) groups excluding carboxylic acids is 1. The zero-order valence-corrected chi connectivity index (χ0v) is 10.1. The molecular weight excluding hydrogens is 218 g/mol. The van der Waals surface area contributed by atoms with E-state index < -0.39 is 0 Å². The normalized spacial score (nSPS) is 23.9. The third-order valence-corrected chi connectivity index (χ3v) is 3.14. The molecule has 0 saturated heterocycles. The van der Waals surface area contributed by atoms with Gasteiger partial charge in [-0.25, -0.2) is 4.98 Å². The molecule has 0 radical (unpaired) electrons. The maximum atomic E-state index is 11.8. The molecule has 2 rings (SSSR count). The summed E-state index contributed by atoms with van der Waals surface area (Å²) >= 11 is 0. The van der Waals surface area contributed by atoms with E-state index in [0.717, 1.165) is 25.1 Å². The molecular formula is C11H19N5O. The van der Waals surface area contributed by atoms with Crippen LogP contribution in [-0.2, 0) is 18.3 Å². The van der Waals surface area contributed by atoms with Gasteiger partial charge in [0.1, 0.15) is 6.33 Å². The molecule has 1 aliphatic rings. The lowest BCUT2D eigenvalue weighted by atomic mass is 10.1. The van der Waals surface area contributed by atoms with E-state index in [0.29, 0.717) is 13.0 Å². The van der Waals surface area contributed by atoms with Crippen LogP contribution in [0.3, 0.4) is 0 Å². The Morgan fingerprint density at radius 2 is 2.47 bits per heavy atom. The molecule has 2 atom stereocenters. The predicted molar refractivity (Wildman–Crippen MR) is 63.0 cm³/mol. The topological polar surface area (TPSA) is 85.8 Å². The molecule has 94 valence electrons. The van der Waals surface area contributed by atoms with Crippen LogP contribution in [-0.4, -0.2) is 33.3 Å². The molecule has 1 aromatic heterocycles. The van der Waals surface area contributed by atoms with E-state index in [4.69, 9.17) is 5.73 Å². The van der Waals surface area contributed by atoms with Gasteiger partial charge in [-0.2, -0.15) is 5.10 Å². The van der Waals surface area contributed by atoms with Gasteiger partial charge in [0, 0.05) is 32.0 Å². The van der Waals surface area contributed by atoms with Crippen molar-refractivity contribution in [3.05, 3.63) is 12.2 Å². The second-order valence-electron chi connectivity index (χ2n) is 4.65. The first-order valence-corrected chi connectivity index (χ1v) is 6.03. The third-order valence-electron chi connectivity index (χ3n) is 3.14. The summed E-state index contributed by atoms with van der Waals surface area (Å²) in [5, 5.41) is 7.07.